The van der Waals surface area contributed by atoms with Crippen LogP contribution in [0.4, 0.5) is 0 Å². The van der Waals surface area contributed by atoms with E-state index in [1.165, 1.54) is 45.7 Å². The SMILES string of the molecule is C/C=C(\C=C1/CN=C(N)S1)c1nc2c(c3c1CCCC3)C1C(C)=NNC1C=C2. The molecule has 0 saturated carbocycles. The molecule has 1 aromatic rings. The number of hydrogen-bond acceptors (Lipinski definition) is 6. The van der Waals surface area contributed by atoms with E-state index in [4.69, 9.17) is 10.7 Å². The lowest BCUT2D eigenvalue weighted by Gasteiger charge is -2.31. The van der Waals surface area contributed by atoms with Gasteiger partial charge in [-0.25, -0.2) is 4.98 Å². The maximum atomic E-state index is 5.86. The van der Waals surface area contributed by atoms with Gasteiger partial charge >= 0.3 is 0 Å². The van der Waals surface area contributed by atoms with Gasteiger partial charge in [0.15, 0.2) is 5.17 Å². The largest absolute Gasteiger partial charge is 0.378 e. The molecule has 6 heteroatoms. The maximum absolute atomic E-state index is 5.86. The summed E-state index contributed by atoms with van der Waals surface area (Å²) in [4.78, 5) is 10.7. The Labute approximate surface area is 170 Å². The fourth-order valence-electron chi connectivity index (χ4n) is 4.79. The van der Waals surface area contributed by atoms with Gasteiger partial charge in [-0.2, -0.15) is 5.10 Å². The molecule has 0 amide bonds. The van der Waals surface area contributed by atoms with E-state index >= 15 is 0 Å². The van der Waals surface area contributed by atoms with Crippen molar-refractivity contribution in [2.45, 2.75) is 51.5 Å². The van der Waals surface area contributed by atoms with E-state index < -0.39 is 0 Å². The molecule has 1 aromatic heterocycles. The van der Waals surface area contributed by atoms with Crippen molar-refractivity contribution in [3.63, 3.8) is 0 Å². The predicted octanol–water partition coefficient (Wildman–Crippen LogP) is 3.77. The predicted molar refractivity (Wildman–Crippen MR) is 119 cm³/mol. The molecular formula is C22H25N5S. The van der Waals surface area contributed by atoms with Crippen LogP contribution in [0.5, 0.6) is 0 Å². The number of aliphatic imine (C=N–C) groups is 1. The van der Waals surface area contributed by atoms with Gasteiger partial charge in [0.2, 0.25) is 0 Å². The van der Waals surface area contributed by atoms with Crippen LogP contribution in [0.2, 0.25) is 0 Å². The van der Waals surface area contributed by atoms with E-state index in [0.717, 1.165) is 24.2 Å². The van der Waals surface area contributed by atoms with E-state index in [-0.39, 0.29) is 6.04 Å². The van der Waals surface area contributed by atoms with Crippen molar-refractivity contribution < 1.29 is 0 Å². The van der Waals surface area contributed by atoms with Gasteiger partial charge in [-0.3, -0.25) is 4.99 Å². The van der Waals surface area contributed by atoms with Gasteiger partial charge in [-0.05, 0) is 73.9 Å². The van der Waals surface area contributed by atoms with Gasteiger partial charge < -0.3 is 11.2 Å². The summed E-state index contributed by atoms with van der Waals surface area (Å²) in [7, 11) is 0. The first-order valence-corrected chi connectivity index (χ1v) is 10.9. The maximum Gasteiger partial charge on any atom is 0.158 e. The minimum Gasteiger partial charge on any atom is -0.378 e. The molecule has 0 saturated heterocycles. The number of fused-ring (bicyclic) bond motifs is 5. The summed E-state index contributed by atoms with van der Waals surface area (Å²) in [5, 5.41) is 5.17. The van der Waals surface area contributed by atoms with Gasteiger partial charge in [0.25, 0.3) is 0 Å². The topological polar surface area (TPSA) is 75.7 Å². The lowest BCUT2D eigenvalue weighted by atomic mass is 9.76. The smallest absolute Gasteiger partial charge is 0.158 e. The molecular weight excluding hydrogens is 366 g/mol. The van der Waals surface area contributed by atoms with Crippen LogP contribution < -0.4 is 11.2 Å². The molecule has 0 fully saturated rings. The Bertz CT molecular complexity index is 999. The Morgan fingerprint density at radius 3 is 2.86 bits per heavy atom. The quantitative estimate of drug-likeness (QED) is 0.805. The lowest BCUT2D eigenvalue weighted by molar-refractivity contribution is 0.616. The number of thioether (sulfide) groups is 1. The zero-order valence-electron chi connectivity index (χ0n) is 16.3. The number of nitrogens with zero attached hydrogens (tertiary/aromatic N) is 3. The number of rotatable bonds is 2. The molecule has 144 valence electrons. The van der Waals surface area contributed by atoms with E-state index in [1.54, 1.807) is 11.8 Å². The molecule has 5 rings (SSSR count). The summed E-state index contributed by atoms with van der Waals surface area (Å²) >= 11 is 1.57. The Morgan fingerprint density at radius 2 is 2.11 bits per heavy atom. The molecule has 0 radical (unpaired) electrons. The highest BCUT2D eigenvalue weighted by Gasteiger charge is 2.37. The second kappa shape index (κ2) is 6.92. The third-order valence-electron chi connectivity index (χ3n) is 6.09. The fraction of sp³-hybridized carbons (Fsp3) is 0.409. The number of hydrazone groups is 1. The summed E-state index contributed by atoms with van der Waals surface area (Å²) in [5.41, 5.74) is 18.1. The molecule has 2 aliphatic heterocycles. The standard InChI is InChI=1S/C22H25N5S/c1-3-13(10-14-11-24-22(23)28-14)21-16-7-5-4-6-15(16)20-17(25-21)8-9-18-19(20)12(2)26-27-18/h3,8-10,18-19,27H,4-7,11H2,1-2H3,(H2,23,24)/b13-3+,14-10+. The molecule has 2 aliphatic carbocycles. The van der Waals surface area contributed by atoms with E-state index in [0.29, 0.717) is 17.6 Å². The Balaban J connectivity index is 1.65. The van der Waals surface area contributed by atoms with Crippen LogP contribution >= 0.6 is 11.8 Å². The van der Waals surface area contributed by atoms with Crippen LogP contribution in [0.15, 0.2) is 33.2 Å². The van der Waals surface area contributed by atoms with Crippen LogP contribution in [0.25, 0.3) is 11.6 Å². The fourth-order valence-corrected chi connectivity index (χ4v) is 5.50. The molecule has 2 atom stereocenters. The van der Waals surface area contributed by atoms with Crippen molar-refractivity contribution in [3.05, 3.63) is 51.2 Å². The van der Waals surface area contributed by atoms with Crippen molar-refractivity contribution in [2.75, 3.05) is 6.54 Å². The van der Waals surface area contributed by atoms with Crippen LogP contribution in [0, 0.1) is 0 Å². The van der Waals surface area contributed by atoms with Crippen molar-refractivity contribution in [3.8, 4) is 0 Å². The Hall–Kier alpha value is -2.34. The molecule has 5 nitrogen and oxygen atoms in total. The zero-order valence-corrected chi connectivity index (χ0v) is 17.1. The molecule has 3 heterocycles. The summed E-state index contributed by atoms with van der Waals surface area (Å²) < 4.78 is 0. The molecule has 2 unspecified atom stereocenters. The molecule has 3 N–H and O–H groups in total. The van der Waals surface area contributed by atoms with Gasteiger partial charge in [0.1, 0.15) is 0 Å². The Morgan fingerprint density at radius 1 is 1.29 bits per heavy atom. The summed E-state index contributed by atoms with van der Waals surface area (Å²) in [6, 6.07) is 0.268. The highest BCUT2D eigenvalue weighted by atomic mass is 32.2. The zero-order chi connectivity index (χ0) is 19.3. The van der Waals surface area contributed by atoms with Crippen molar-refractivity contribution in [1.29, 1.82) is 0 Å². The van der Waals surface area contributed by atoms with E-state index in [2.05, 4.69) is 53.7 Å². The van der Waals surface area contributed by atoms with Crippen LogP contribution in [0.1, 0.15) is 60.7 Å². The summed E-state index contributed by atoms with van der Waals surface area (Å²) in [5.74, 6) is 0.319. The van der Waals surface area contributed by atoms with E-state index in [1.807, 2.05) is 0 Å². The van der Waals surface area contributed by atoms with Crippen molar-refractivity contribution in [2.24, 2.45) is 15.8 Å². The molecule has 4 aliphatic rings. The molecule has 0 bridgehead atoms. The first-order chi connectivity index (χ1) is 13.7. The van der Waals surface area contributed by atoms with Gasteiger partial charge in [-0.1, -0.05) is 23.9 Å². The molecule has 0 spiro atoms. The monoisotopic (exact) mass is 391 g/mol. The summed E-state index contributed by atoms with van der Waals surface area (Å²) in [6.45, 7) is 4.90. The first-order valence-electron chi connectivity index (χ1n) is 10.0. The number of nitrogens with two attached hydrogens (primary N) is 1. The van der Waals surface area contributed by atoms with E-state index in [9.17, 15) is 0 Å². The molecule has 0 aromatic carbocycles. The number of pyridine rings is 1. The summed E-state index contributed by atoms with van der Waals surface area (Å²) in [6.07, 6.45) is 13.5. The minimum absolute atomic E-state index is 0.268. The number of aromatic nitrogens is 1. The normalized spacial score (nSPS) is 27.1. The average molecular weight is 392 g/mol. The highest BCUT2D eigenvalue weighted by Crippen LogP contribution is 2.41. The van der Waals surface area contributed by atoms with Gasteiger partial charge in [0.05, 0.1) is 29.9 Å². The van der Waals surface area contributed by atoms with Crippen LogP contribution in [-0.4, -0.2) is 28.4 Å². The van der Waals surface area contributed by atoms with Crippen LogP contribution in [0.3, 0.4) is 0 Å². The van der Waals surface area contributed by atoms with Crippen molar-refractivity contribution >= 4 is 34.3 Å². The third-order valence-corrected chi connectivity index (χ3v) is 6.93. The van der Waals surface area contributed by atoms with Gasteiger partial charge in [-0.15, -0.1) is 0 Å². The number of amidine groups is 1. The average Bonchev–Trinajstić information content (AvgIpc) is 3.30. The highest BCUT2D eigenvalue weighted by molar-refractivity contribution is 8.17. The molecule has 28 heavy (non-hydrogen) atoms. The second-order valence-corrected chi connectivity index (χ2v) is 8.93. The third kappa shape index (κ3) is 2.82. The number of allylic oxidation sites excluding steroid dienone is 3. The van der Waals surface area contributed by atoms with Gasteiger partial charge in [0, 0.05) is 10.6 Å². The minimum atomic E-state index is 0.268. The van der Waals surface area contributed by atoms with Crippen molar-refractivity contribution in [1.82, 2.24) is 10.4 Å². The lowest BCUT2D eigenvalue weighted by Crippen LogP contribution is -2.30. The number of nitrogens with one attached hydrogen (secondary N) is 1. The second-order valence-electron chi connectivity index (χ2n) is 7.78. The Kier molecular flexibility index (Phi) is 4.38. The van der Waals surface area contributed by atoms with Crippen LogP contribution in [-0.2, 0) is 12.8 Å². The first kappa shape index (κ1) is 17.7. The number of hydrogen-bond donors (Lipinski definition) is 2.